The van der Waals surface area contributed by atoms with Gasteiger partial charge in [-0.05, 0) is 73.2 Å². The van der Waals surface area contributed by atoms with Crippen LogP contribution in [0.5, 0.6) is 0 Å². The number of halogens is 1. The number of nitrogens with zero attached hydrogens (tertiary/aromatic N) is 2. The molecule has 0 bridgehead atoms. The van der Waals surface area contributed by atoms with Gasteiger partial charge in [-0.2, -0.15) is 0 Å². The number of amides is 2. The Bertz CT molecular complexity index is 1420. The molecule has 41 heavy (non-hydrogen) atoms. The normalized spacial score (nSPS) is 12.3. The van der Waals surface area contributed by atoms with E-state index in [0.29, 0.717) is 12.2 Å². The van der Waals surface area contributed by atoms with E-state index in [1.54, 1.807) is 43.3 Å². The fourth-order valence-electron chi connectivity index (χ4n) is 4.21. The second-order valence-electron chi connectivity index (χ2n) is 11.0. The highest BCUT2D eigenvalue weighted by Crippen LogP contribution is 2.27. The van der Waals surface area contributed by atoms with Crippen molar-refractivity contribution in [2.75, 3.05) is 17.4 Å². The number of aryl methyl sites for hydroxylation is 1. The highest BCUT2D eigenvalue weighted by atomic mass is 79.9. The van der Waals surface area contributed by atoms with Crippen LogP contribution in [-0.2, 0) is 26.2 Å². The lowest BCUT2D eigenvalue weighted by atomic mass is 10.0. The third kappa shape index (κ3) is 8.66. The molecule has 0 saturated carbocycles. The molecule has 1 N–H and O–H groups in total. The third-order valence-corrected chi connectivity index (χ3v) is 9.17. The quantitative estimate of drug-likeness (QED) is 0.253. The zero-order valence-corrected chi connectivity index (χ0v) is 27.0. The molecule has 1 atom stereocenters. The van der Waals surface area contributed by atoms with Gasteiger partial charge in [-0.15, -0.1) is 0 Å². The lowest BCUT2D eigenvalue weighted by molar-refractivity contribution is -0.139. The van der Waals surface area contributed by atoms with E-state index in [1.165, 1.54) is 4.90 Å². The van der Waals surface area contributed by atoms with E-state index >= 15 is 0 Å². The van der Waals surface area contributed by atoms with Crippen LogP contribution in [0.4, 0.5) is 5.69 Å². The van der Waals surface area contributed by atoms with Crippen molar-refractivity contribution in [3.8, 4) is 0 Å². The second-order valence-corrected chi connectivity index (χ2v) is 13.8. The Morgan fingerprint density at radius 2 is 1.44 bits per heavy atom. The van der Waals surface area contributed by atoms with Gasteiger partial charge in [0.25, 0.3) is 10.0 Å². The lowest BCUT2D eigenvalue weighted by Crippen LogP contribution is -2.51. The second kappa shape index (κ2) is 14.1. The summed E-state index contributed by atoms with van der Waals surface area (Å²) < 4.78 is 30.0. The van der Waals surface area contributed by atoms with Gasteiger partial charge < -0.3 is 10.2 Å². The maximum atomic E-state index is 14.0. The van der Waals surface area contributed by atoms with Crippen molar-refractivity contribution in [1.82, 2.24) is 10.2 Å². The van der Waals surface area contributed by atoms with E-state index in [-0.39, 0.29) is 29.2 Å². The lowest BCUT2D eigenvalue weighted by Gasteiger charge is -2.32. The molecule has 0 aliphatic rings. The minimum atomic E-state index is -4.10. The van der Waals surface area contributed by atoms with E-state index < -0.39 is 28.5 Å². The van der Waals surface area contributed by atoms with Crippen molar-refractivity contribution in [2.45, 2.75) is 64.9 Å². The molecule has 0 aliphatic carbocycles. The summed E-state index contributed by atoms with van der Waals surface area (Å²) >= 11 is 3.43. The Kier molecular flexibility index (Phi) is 11.2. The predicted octanol–water partition coefficient (Wildman–Crippen LogP) is 6.27. The maximum absolute atomic E-state index is 14.0. The Morgan fingerprint density at radius 1 is 0.854 bits per heavy atom. The number of carbonyl (C=O) groups is 2. The van der Waals surface area contributed by atoms with Gasteiger partial charge in [-0.1, -0.05) is 85.6 Å². The van der Waals surface area contributed by atoms with Crippen LogP contribution in [0.1, 0.15) is 57.2 Å². The molecule has 1 unspecified atom stereocenters. The molecule has 0 aromatic heterocycles. The molecule has 0 fully saturated rings. The van der Waals surface area contributed by atoms with Gasteiger partial charge in [0.1, 0.15) is 12.6 Å². The number of sulfonamides is 1. The summed E-state index contributed by atoms with van der Waals surface area (Å²) in [6, 6.07) is 20.4. The fraction of sp³-hybridized carbons (Fsp3) is 0.375. The number of benzene rings is 3. The number of hydrogen-bond acceptors (Lipinski definition) is 4. The molecule has 0 saturated heterocycles. The molecule has 3 aromatic rings. The highest BCUT2D eigenvalue weighted by molar-refractivity contribution is 9.10. The minimum absolute atomic E-state index is 0.0889. The average molecular weight is 643 g/mol. The molecule has 3 aromatic carbocycles. The average Bonchev–Trinajstić information content (AvgIpc) is 2.94. The van der Waals surface area contributed by atoms with Gasteiger partial charge in [-0.25, -0.2) is 8.42 Å². The van der Waals surface area contributed by atoms with Crippen LogP contribution in [0.25, 0.3) is 0 Å². The molecule has 220 valence electrons. The van der Waals surface area contributed by atoms with Crippen molar-refractivity contribution in [3.05, 3.63) is 94.0 Å². The Labute approximate surface area is 253 Å². The first-order valence-electron chi connectivity index (χ1n) is 13.8. The van der Waals surface area contributed by atoms with Gasteiger partial charge >= 0.3 is 0 Å². The highest BCUT2D eigenvalue weighted by Gasteiger charge is 2.32. The van der Waals surface area contributed by atoms with Crippen LogP contribution in [0.3, 0.4) is 0 Å². The van der Waals surface area contributed by atoms with Crippen LogP contribution in [0.15, 0.2) is 82.2 Å². The first-order valence-corrected chi connectivity index (χ1v) is 16.0. The van der Waals surface area contributed by atoms with E-state index in [0.717, 1.165) is 25.5 Å². The summed E-state index contributed by atoms with van der Waals surface area (Å²) in [7, 11) is -4.10. The SMILES string of the molecule is Cc1ccc(S(=O)(=O)N(CC(=O)N(Cc2ccc(Br)cc2)C(C)C(=O)NCC(C)C)c2ccc(C(C)C)cc2)cc1. The summed E-state index contributed by atoms with van der Waals surface area (Å²) in [4.78, 5) is 28.7. The Hall–Kier alpha value is -3.17. The number of nitrogens with one attached hydrogen (secondary N) is 1. The van der Waals surface area contributed by atoms with Gasteiger partial charge in [-0.3, -0.25) is 13.9 Å². The number of carbonyl (C=O) groups excluding carboxylic acids is 2. The molecule has 9 heteroatoms. The molecule has 3 rings (SSSR count). The molecule has 0 spiro atoms. The molecule has 2 amide bonds. The third-order valence-electron chi connectivity index (χ3n) is 6.85. The topological polar surface area (TPSA) is 86.8 Å². The number of anilines is 1. The van der Waals surface area contributed by atoms with Crippen LogP contribution in [-0.4, -0.2) is 44.3 Å². The molecular weight excluding hydrogens is 602 g/mol. The van der Waals surface area contributed by atoms with Gasteiger partial charge in [0.2, 0.25) is 11.8 Å². The summed E-state index contributed by atoms with van der Waals surface area (Å²) in [5, 5.41) is 2.90. The fourth-order valence-corrected chi connectivity index (χ4v) is 5.89. The summed E-state index contributed by atoms with van der Waals surface area (Å²) in [6.07, 6.45) is 0. The zero-order chi connectivity index (χ0) is 30.3. The number of hydrogen-bond donors (Lipinski definition) is 1. The molecule has 0 radical (unpaired) electrons. The molecule has 0 aliphatic heterocycles. The minimum Gasteiger partial charge on any atom is -0.354 e. The van der Waals surface area contributed by atoms with E-state index in [4.69, 9.17) is 0 Å². The van der Waals surface area contributed by atoms with E-state index in [1.807, 2.05) is 57.2 Å². The van der Waals surface area contributed by atoms with Crippen LogP contribution in [0, 0.1) is 12.8 Å². The standard InChI is InChI=1S/C32H40BrN3O4S/c1-22(2)19-34-32(38)25(6)35(20-26-9-13-28(33)14-10-26)31(37)21-36(29-15-11-27(12-16-29)23(3)4)41(39,40)30-17-7-24(5)8-18-30/h7-18,22-23,25H,19-21H2,1-6H3,(H,34,38). The van der Waals surface area contributed by atoms with E-state index in [2.05, 4.69) is 35.1 Å². The number of rotatable bonds is 12. The van der Waals surface area contributed by atoms with Crippen molar-refractivity contribution < 1.29 is 18.0 Å². The van der Waals surface area contributed by atoms with Crippen LogP contribution >= 0.6 is 15.9 Å². The van der Waals surface area contributed by atoms with Crippen molar-refractivity contribution in [1.29, 1.82) is 0 Å². The smallest absolute Gasteiger partial charge is 0.264 e. The van der Waals surface area contributed by atoms with Crippen LogP contribution in [0.2, 0.25) is 0 Å². The monoisotopic (exact) mass is 641 g/mol. The van der Waals surface area contributed by atoms with Crippen molar-refractivity contribution in [3.63, 3.8) is 0 Å². The molecular formula is C32H40BrN3O4S. The predicted molar refractivity (Wildman–Crippen MR) is 168 cm³/mol. The summed E-state index contributed by atoms with van der Waals surface area (Å²) in [6.45, 7) is 11.8. The summed E-state index contributed by atoms with van der Waals surface area (Å²) in [5.41, 5.74) is 3.18. The largest absolute Gasteiger partial charge is 0.354 e. The van der Waals surface area contributed by atoms with Gasteiger partial charge in [0.15, 0.2) is 0 Å². The molecule has 0 heterocycles. The Morgan fingerprint density at radius 3 is 1.98 bits per heavy atom. The van der Waals surface area contributed by atoms with E-state index in [9.17, 15) is 18.0 Å². The van der Waals surface area contributed by atoms with Crippen molar-refractivity contribution in [2.24, 2.45) is 5.92 Å². The Balaban J connectivity index is 2.02. The van der Waals surface area contributed by atoms with Gasteiger partial charge in [0.05, 0.1) is 10.6 Å². The summed E-state index contributed by atoms with van der Waals surface area (Å²) in [5.74, 6) is -0.271. The van der Waals surface area contributed by atoms with Gasteiger partial charge in [0, 0.05) is 17.6 Å². The van der Waals surface area contributed by atoms with Crippen LogP contribution < -0.4 is 9.62 Å². The first-order chi connectivity index (χ1) is 19.3. The maximum Gasteiger partial charge on any atom is 0.264 e. The molecule has 7 nitrogen and oxygen atoms in total. The van der Waals surface area contributed by atoms with Crippen molar-refractivity contribution >= 4 is 43.5 Å². The zero-order valence-electron chi connectivity index (χ0n) is 24.6. The first kappa shape index (κ1) is 32.3.